The average Bonchev–Trinajstić information content (AvgIpc) is 1.86. The molecule has 4 nitrogen and oxygen atoms in total. The molecule has 1 N–H and O–H groups in total. The van der Waals surface area contributed by atoms with E-state index >= 15 is 0 Å². The quantitative estimate of drug-likeness (QED) is 0.618. The SMILES string of the molecule is C=CCS(=O)(=O)[C@H](C)C(=O)O. The van der Waals surface area contributed by atoms with Gasteiger partial charge in [0.2, 0.25) is 0 Å². The van der Waals surface area contributed by atoms with Gasteiger partial charge in [0.05, 0.1) is 5.75 Å². The highest BCUT2D eigenvalue weighted by Gasteiger charge is 2.25. The van der Waals surface area contributed by atoms with E-state index in [1.807, 2.05) is 0 Å². The van der Waals surface area contributed by atoms with E-state index in [0.717, 1.165) is 6.92 Å². The van der Waals surface area contributed by atoms with Gasteiger partial charge in [-0.25, -0.2) is 8.42 Å². The third-order valence-corrected chi connectivity index (χ3v) is 3.22. The summed E-state index contributed by atoms with van der Waals surface area (Å²) in [6.07, 6.45) is 1.18. The van der Waals surface area contributed by atoms with Crippen molar-refractivity contribution in [2.45, 2.75) is 12.2 Å². The molecule has 0 aromatic heterocycles. The van der Waals surface area contributed by atoms with Crippen molar-refractivity contribution >= 4 is 15.8 Å². The molecule has 0 aromatic carbocycles. The molecule has 64 valence electrons. The molecule has 0 rings (SSSR count). The van der Waals surface area contributed by atoms with Gasteiger partial charge in [0.15, 0.2) is 15.1 Å². The van der Waals surface area contributed by atoms with Gasteiger partial charge in [-0.2, -0.15) is 0 Å². The van der Waals surface area contributed by atoms with Gasteiger partial charge in [0, 0.05) is 0 Å². The normalized spacial score (nSPS) is 13.9. The summed E-state index contributed by atoms with van der Waals surface area (Å²) in [5, 5.41) is 6.98. The van der Waals surface area contributed by atoms with Crippen molar-refractivity contribution < 1.29 is 18.3 Å². The maximum atomic E-state index is 10.9. The van der Waals surface area contributed by atoms with Crippen LogP contribution in [0.2, 0.25) is 0 Å². The van der Waals surface area contributed by atoms with Crippen LogP contribution >= 0.6 is 0 Å². The monoisotopic (exact) mass is 178 g/mol. The van der Waals surface area contributed by atoms with Gasteiger partial charge in [-0.3, -0.25) is 4.79 Å². The summed E-state index contributed by atoms with van der Waals surface area (Å²) < 4.78 is 21.8. The number of rotatable bonds is 4. The van der Waals surface area contributed by atoms with Crippen LogP contribution in [0.5, 0.6) is 0 Å². The van der Waals surface area contributed by atoms with Gasteiger partial charge in [0.1, 0.15) is 0 Å². The molecular weight excluding hydrogens is 168 g/mol. The Kier molecular flexibility index (Phi) is 3.25. The minimum atomic E-state index is -3.53. The van der Waals surface area contributed by atoms with Crippen LogP contribution in [0.25, 0.3) is 0 Å². The number of carboxylic acids is 1. The highest BCUT2D eigenvalue weighted by Crippen LogP contribution is 2.01. The molecule has 0 amide bonds. The first-order chi connectivity index (χ1) is 4.91. The fourth-order valence-corrected chi connectivity index (χ4v) is 1.39. The van der Waals surface area contributed by atoms with Crippen molar-refractivity contribution in [3.05, 3.63) is 12.7 Å². The minimum Gasteiger partial charge on any atom is -0.480 e. The zero-order valence-electron chi connectivity index (χ0n) is 6.15. The maximum Gasteiger partial charge on any atom is 0.321 e. The summed E-state index contributed by atoms with van der Waals surface area (Å²) in [4.78, 5) is 10.2. The summed E-state index contributed by atoms with van der Waals surface area (Å²) in [6, 6.07) is 0. The van der Waals surface area contributed by atoms with Gasteiger partial charge in [0.25, 0.3) is 0 Å². The van der Waals surface area contributed by atoms with Crippen molar-refractivity contribution in [1.29, 1.82) is 0 Å². The summed E-state index contributed by atoms with van der Waals surface area (Å²) in [6.45, 7) is 4.36. The third kappa shape index (κ3) is 2.71. The smallest absolute Gasteiger partial charge is 0.321 e. The topological polar surface area (TPSA) is 71.4 Å². The molecule has 0 fully saturated rings. The van der Waals surface area contributed by atoms with Gasteiger partial charge >= 0.3 is 5.97 Å². The molecule has 0 heterocycles. The molecule has 0 unspecified atom stereocenters. The molecule has 0 saturated carbocycles. The van der Waals surface area contributed by atoms with E-state index in [-0.39, 0.29) is 5.75 Å². The Morgan fingerprint density at radius 3 is 2.45 bits per heavy atom. The van der Waals surface area contributed by atoms with Gasteiger partial charge < -0.3 is 5.11 Å². The average molecular weight is 178 g/mol. The van der Waals surface area contributed by atoms with Crippen LogP contribution in [-0.4, -0.2) is 30.5 Å². The van der Waals surface area contributed by atoms with Crippen LogP contribution in [0.1, 0.15) is 6.92 Å². The molecule has 1 atom stereocenters. The lowest BCUT2D eigenvalue weighted by atomic mass is 10.5. The van der Waals surface area contributed by atoms with Crippen molar-refractivity contribution in [2.24, 2.45) is 0 Å². The first-order valence-electron chi connectivity index (χ1n) is 2.97. The Hall–Kier alpha value is -0.840. The summed E-state index contributed by atoms with van der Waals surface area (Å²) in [5.74, 6) is -1.62. The standard InChI is InChI=1S/C6H10O4S/c1-3-4-11(9,10)5(2)6(7)8/h3,5H,1,4H2,2H3,(H,7,8)/t5-/m1/s1. The van der Waals surface area contributed by atoms with Gasteiger partial charge in [-0.05, 0) is 6.92 Å². The van der Waals surface area contributed by atoms with Crippen LogP contribution in [0.3, 0.4) is 0 Å². The molecule has 0 aliphatic heterocycles. The Labute approximate surface area is 65.5 Å². The van der Waals surface area contributed by atoms with E-state index in [0.29, 0.717) is 0 Å². The summed E-state index contributed by atoms with van der Waals surface area (Å²) in [5.41, 5.74) is 0. The number of aliphatic carboxylic acids is 1. The fraction of sp³-hybridized carbons (Fsp3) is 0.500. The van der Waals surface area contributed by atoms with Crippen LogP contribution < -0.4 is 0 Å². The molecule has 0 saturated heterocycles. The zero-order chi connectivity index (χ0) is 9.07. The van der Waals surface area contributed by atoms with Crippen LogP contribution in [0.15, 0.2) is 12.7 Å². The van der Waals surface area contributed by atoms with Crippen LogP contribution in [0.4, 0.5) is 0 Å². The molecule has 0 bridgehead atoms. The second-order valence-electron chi connectivity index (χ2n) is 2.10. The second kappa shape index (κ2) is 3.52. The number of hydrogen-bond acceptors (Lipinski definition) is 3. The molecule has 0 aromatic rings. The lowest BCUT2D eigenvalue weighted by Gasteiger charge is -2.04. The highest BCUT2D eigenvalue weighted by atomic mass is 32.2. The van der Waals surface area contributed by atoms with E-state index in [2.05, 4.69) is 6.58 Å². The molecule has 0 aliphatic carbocycles. The van der Waals surface area contributed by atoms with Crippen LogP contribution in [-0.2, 0) is 14.6 Å². The summed E-state index contributed by atoms with van der Waals surface area (Å²) in [7, 11) is -3.53. The first kappa shape index (κ1) is 10.2. The van der Waals surface area contributed by atoms with Crippen molar-refractivity contribution in [3.63, 3.8) is 0 Å². The molecule has 0 aliphatic rings. The largest absolute Gasteiger partial charge is 0.480 e. The predicted molar refractivity (Wildman–Crippen MR) is 41.1 cm³/mol. The zero-order valence-corrected chi connectivity index (χ0v) is 6.97. The fourth-order valence-electron chi connectivity index (χ4n) is 0.462. The van der Waals surface area contributed by atoms with Crippen molar-refractivity contribution in [2.75, 3.05) is 5.75 Å². The lowest BCUT2D eigenvalue weighted by molar-refractivity contribution is -0.136. The second-order valence-corrected chi connectivity index (χ2v) is 4.46. The molecule has 0 spiro atoms. The number of hydrogen-bond donors (Lipinski definition) is 1. The van der Waals surface area contributed by atoms with Crippen LogP contribution in [0, 0.1) is 0 Å². The first-order valence-corrected chi connectivity index (χ1v) is 4.68. The van der Waals surface area contributed by atoms with Gasteiger partial charge in [-0.1, -0.05) is 6.08 Å². The molecule has 5 heteroatoms. The van der Waals surface area contributed by atoms with E-state index < -0.39 is 21.1 Å². The van der Waals surface area contributed by atoms with E-state index in [9.17, 15) is 13.2 Å². The maximum absolute atomic E-state index is 10.9. The van der Waals surface area contributed by atoms with E-state index in [4.69, 9.17) is 5.11 Å². The predicted octanol–water partition coefficient (Wildman–Crippen LogP) is 0.0603. The van der Waals surface area contributed by atoms with Crippen molar-refractivity contribution in [1.82, 2.24) is 0 Å². The Bertz CT molecular complexity index is 252. The Morgan fingerprint density at radius 1 is 1.73 bits per heavy atom. The third-order valence-electron chi connectivity index (χ3n) is 1.24. The number of carbonyl (C=O) groups is 1. The molecular formula is C6H10O4S. The van der Waals surface area contributed by atoms with E-state index in [1.165, 1.54) is 6.08 Å². The van der Waals surface area contributed by atoms with Gasteiger partial charge in [-0.15, -0.1) is 6.58 Å². The highest BCUT2D eigenvalue weighted by molar-refractivity contribution is 7.92. The van der Waals surface area contributed by atoms with Crippen molar-refractivity contribution in [3.8, 4) is 0 Å². The minimum absolute atomic E-state index is 0.291. The number of sulfone groups is 1. The Balaban J connectivity index is 4.56. The molecule has 0 radical (unpaired) electrons. The Morgan fingerprint density at radius 2 is 2.18 bits per heavy atom. The number of carboxylic acid groups (broad SMARTS) is 1. The lowest BCUT2D eigenvalue weighted by Crippen LogP contribution is -2.28. The molecule has 11 heavy (non-hydrogen) atoms. The summed E-state index contributed by atoms with van der Waals surface area (Å²) >= 11 is 0. The van der Waals surface area contributed by atoms with E-state index in [1.54, 1.807) is 0 Å².